The van der Waals surface area contributed by atoms with Crippen LogP contribution in [0.2, 0.25) is 0 Å². The molecule has 0 N–H and O–H groups in total. The summed E-state index contributed by atoms with van der Waals surface area (Å²) in [6.45, 7) is 2.00. The van der Waals surface area contributed by atoms with E-state index in [2.05, 4.69) is 10.2 Å². The first-order valence-electron chi connectivity index (χ1n) is 3.43. The van der Waals surface area contributed by atoms with E-state index in [1.165, 1.54) is 21.3 Å². The Morgan fingerprint density at radius 1 is 1.18 bits per heavy atom. The molecule has 3 radical (unpaired) electrons. The van der Waals surface area contributed by atoms with Crippen LogP contribution in [0.4, 0.5) is 0 Å². The van der Waals surface area contributed by atoms with Gasteiger partial charge in [0.25, 0.3) is 0 Å². The van der Waals surface area contributed by atoms with Crippen molar-refractivity contribution in [1.82, 2.24) is 0 Å². The zero-order valence-electron chi connectivity index (χ0n) is 7.46. The smallest absolute Gasteiger partial charge is 0.135 e. The number of hydrogen-bond donors (Lipinski definition) is 0. The summed E-state index contributed by atoms with van der Waals surface area (Å²) in [4.78, 5) is 14.8. The fourth-order valence-electron chi connectivity index (χ4n) is 0.829. The van der Waals surface area contributed by atoms with Gasteiger partial charge in [-0.15, -0.1) is 14.5 Å². The molecule has 0 amide bonds. The van der Waals surface area contributed by atoms with Crippen LogP contribution in [-0.2, 0) is 14.5 Å². The van der Waals surface area contributed by atoms with Crippen LogP contribution in [0.25, 0.3) is 0 Å². The van der Waals surface area contributed by atoms with Gasteiger partial charge in [-0.3, -0.25) is 0 Å². The summed E-state index contributed by atoms with van der Waals surface area (Å²) < 4.78 is 0. The minimum absolute atomic E-state index is 0.0324. The molecular weight excluding hydrogens is 162 g/mol. The molecule has 11 heavy (non-hydrogen) atoms. The molecule has 4 nitrogen and oxygen atoms in total. The highest BCUT2D eigenvalue weighted by atomic mass is 28.1. The number of hydrogen-bond acceptors (Lipinski definition) is 3. The molecule has 1 atom stereocenters. The normalized spacial score (nSPS) is 15.0. The van der Waals surface area contributed by atoms with E-state index in [9.17, 15) is 0 Å². The van der Waals surface area contributed by atoms with Crippen molar-refractivity contribution in [2.24, 2.45) is 0 Å². The molecule has 0 spiro atoms. The molecule has 1 unspecified atom stereocenters. The van der Waals surface area contributed by atoms with Crippen molar-refractivity contribution in [3.63, 3.8) is 0 Å². The number of rotatable bonds is 5. The summed E-state index contributed by atoms with van der Waals surface area (Å²) in [6, 6.07) is 0. The molecule has 5 heteroatoms. The highest BCUT2D eigenvalue weighted by molar-refractivity contribution is 6.10. The van der Waals surface area contributed by atoms with Gasteiger partial charge in [-0.05, 0) is 0 Å². The maximum Gasteiger partial charge on any atom is 0.163 e. The van der Waals surface area contributed by atoms with Gasteiger partial charge in [-0.2, -0.15) is 0 Å². The Bertz CT molecular complexity index is 99.7. The lowest BCUT2D eigenvalue weighted by Gasteiger charge is -2.29. The Hall–Kier alpha value is 0.0569. The topological polar surface area (TPSA) is 27.7 Å². The minimum Gasteiger partial charge on any atom is -0.135 e. The summed E-state index contributed by atoms with van der Waals surface area (Å²) in [5.41, 5.74) is -0.0324. The van der Waals surface area contributed by atoms with E-state index in [-0.39, 0.29) is 10.6 Å². The van der Waals surface area contributed by atoms with Crippen LogP contribution in [0.5, 0.6) is 0 Å². The molecule has 0 aliphatic rings. The Morgan fingerprint density at radius 3 is 1.64 bits per heavy atom. The molecule has 0 fully saturated rings. The molecule has 65 valence electrons. The Labute approximate surface area is 70.9 Å². The minimum atomic E-state index is -0.298. The van der Waals surface area contributed by atoms with E-state index in [0.717, 1.165) is 6.42 Å². The van der Waals surface area contributed by atoms with E-state index >= 15 is 0 Å². The highest BCUT2D eigenvalue weighted by Crippen LogP contribution is 2.14. The van der Waals surface area contributed by atoms with Gasteiger partial charge in [0, 0.05) is 6.42 Å². The van der Waals surface area contributed by atoms with Gasteiger partial charge in [0.15, 0.2) is 5.67 Å². The van der Waals surface area contributed by atoms with Crippen LogP contribution in [0, 0.1) is 0 Å². The Balaban J connectivity index is 4.26. The van der Waals surface area contributed by atoms with E-state index < -0.39 is 0 Å². The van der Waals surface area contributed by atoms with E-state index in [1.807, 2.05) is 6.92 Å². The van der Waals surface area contributed by atoms with Gasteiger partial charge in [0.1, 0.15) is 31.6 Å². The molecular formula is C6H15NO3Si+. The summed E-state index contributed by atoms with van der Waals surface area (Å²) in [6.07, 6.45) is 0.840. The number of quaternary nitrogens is 1. The Morgan fingerprint density at radius 2 is 1.55 bits per heavy atom. The van der Waals surface area contributed by atoms with Crippen LogP contribution < -0.4 is 0 Å². The summed E-state index contributed by atoms with van der Waals surface area (Å²) in [5.74, 6) is 0. The molecule has 0 aromatic rings. The first-order chi connectivity index (χ1) is 5.16. The van der Waals surface area contributed by atoms with Crippen molar-refractivity contribution in [2.45, 2.75) is 19.0 Å². The lowest BCUT2D eigenvalue weighted by molar-refractivity contribution is -1.37. The lowest BCUT2D eigenvalue weighted by atomic mass is 10.5. The third-order valence-corrected chi connectivity index (χ3v) is 2.26. The van der Waals surface area contributed by atoms with E-state index in [4.69, 9.17) is 14.5 Å². The monoisotopic (exact) mass is 177 g/mol. The second-order valence-electron chi connectivity index (χ2n) is 2.01. The van der Waals surface area contributed by atoms with Gasteiger partial charge in [0.2, 0.25) is 0 Å². The Kier molecular flexibility index (Phi) is 4.86. The predicted molar refractivity (Wildman–Crippen MR) is 41.1 cm³/mol. The SMILES string of the molecule is CCC([Si])[N+](OC)(OC)OC. The van der Waals surface area contributed by atoms with Crippen molar-refractivity contribution < 1.29 is 19.5 Å². The third-order valence-electron chi connectivity index (χ3n) is 1.53. The highest BCUT2D eigenvalue weighted by Gasteiger charge is 2.37. The summed E-state index contributed by atoms with van der Waals surface area (Å²) in [5, 5.41) is 0. The fourth-order valence-corrected chi connectivity index (χ4v) is 1.15. The van der Waals surface area contributed by atoms with E-state index in [1.54, 1.807) is 0 Å². The predicted octanol–water partition coefficient (Wildman–Crippen LogP) is 0.392. The van der Waals surface area contributed by atoms with Crippen molar-refractivity contribution in [1.29, 1.82) is 0 Å². The van der Waals surface area contributed by atoms with Crippen molar-refractivity contribution in [3.8, 4) is 0 Å². The van der Waals surface area contributed by atoms with Gasteiger partial charge in [-0.25, -0.2) is 0 Å². The second-order valence-corrected chi connectivity index (χ2v) is 2.68. The largest absolute Gasteiger partial charge is 0.163 e. The maximum absolute atomic E-state index is 5.03. The van der Waals surface area contributed by atoms with Crippen LogP contribution in [-0.4, -0.2) is 42.2 Å². The average Bonchev–Trinajstić information content (AvgIpc) is 2.08. The van der Waals surface area contributed by atoms with Gasteiger partial charge in [-0.1, -0.05) is 6.92 Å². The molecule has 0 aliphatic carbocycles. The molecule has 0 aliphatic heterocycles. The lowest BCUT2D eigenvalue weighted by Crippen LogP contribution is -2.52. The third kappa shape index (κ3) is 2.24. The summed E-state index contributed by atoms with van der Waals surface area (Å²) in [7, 11) is 8.00. The van der Waals surface area contributed by atoms with Crippen molar-refractivity contribution >= 4 is 10.2 Å². The molecule has 0 aromatic carbocycles. The first kappa shape index (κ1) is 11.1. The summed E-state index contributed by atoms with van der Waals surface area (Å²) >= 11 is 0. The van der Waals surface area contributed by atoms with Crippen molar-refractivity contribution in [2.75, 3.05) is 21.3 Å². The number of hydroxylamine groups is 3. The van der Waals surface area contributed by atoms with Crippen LogP contribution in [0.3, 0.4) is 0 Å². The van der Waals surface area contributed by atoms with Crippen LogP contribution >= 0.6 is 0 Å². The van der Waals surface area contributed by atoms with Crippen LogP contribution in [0.1, 0.15) is 13.3 Å². The van der Waals surface area contributed by atoms with Gasteiger partial charge >= 0.3 is 0 Å². The zero-order chi connectivity index (χ0) is 8.91. The van der Waals surface area contributed by atoms with Gasteiger partial charge < -0.3 is 0 Å². The molecule has 0 saturated heterocycles. The fraction of sp³-hybridized carbons (Fsp3) is 1.00. The molecule has 0 rings (SSSR count). The maximum atomic E-state index is 5.03. The van der Waals surface area contributed by atoms with Crippen molar-refractivity contribution in [3.05, 3.63) is 0 Å². The zero-order valence-corrected chi connectivity index (χ0v) is 8.46. The van der Waals surface area contributed by atoms with Gasteiger partial charge in [0.05, 0.1) is 4.97 Å². The molecule has 0 heterocycles. The molecule has 0 bridgehead atoms. The standard InChI is InChI=1S/C6H15NO3Si/c1-5-6(11)7(8-2,9-3)10-4/h6H,5H2,1-4H3/q+1. The molecule has 0 saturated carbocycles. The first-order valence-corrected chi connectivity index (χ1v) is 4.01. The van der Waals surface area contributed by atoms with E-state index in [0.29, 0.717) is 0 Å². The average molecular weight is 177 g/mol. The second kappa shape index (κ2) is 4.84. The number of nitrogens with zero attached hydrogens (tertiary/aromatic N) is 1. The molecule has 0 aromatic heterocycles. The van der Waals surface area contributed by atoms with Crippen LogP contribution in [0.15, 0.2) is 0 Å². The quantitative estimate of drug-likeness (QED) is 0.345.